The number of hydrogen-bond acceptors (Lipinski definition) is 6. The van der Waals surface area contributed by atoms with Gasteiger partial charge < -0.3 is 0 Å². The van der Waals surface area contributed by atoms with E-state index in [2.05, 4.69) is 20.4 Å². The molecule has 0 bridgehead atoms. The first-order valence-electron chi connectivity index (χ1n) is 8.75. The highest BCUT2D eigenvalue weighted by Gasteiger charge is 2.27. The van der Waals surface area contributed by atoms with E-state index in [0.717, 1.165) is 15.8 Å². The summed E-state index contributed by atoms with van der Waals surface area (Å²) in [6.07, 6.45) is 0.532. The number of amides is 1. The molecule has 0 N–H and O–H groups in total. The maximum atomic E-state index is 13.1. The summed E-state index contributed by atoms with van der Waals surface area (Å²) in [5, 5.41) is 13.9. The summed E-state index contributed by atoms with van der Waals surface area (Å²) in [6, 6.07) is 14.4. The normalized spacial score (nSPS) is 12.2. The van der Waals surface area contributed by atoms with Crippen molar-refractivity contribution in [3.63, 3.8) is 0 Å². The third-order valence-electron chi connectivity index (χ3n) is 4.38. The zero-order valence-electron chi connectivity index (χ0n) is 15.3. The summed E-state index contributed by atoms with van der Waals surface area (Å²) in [5.41, 5.74) is 1.66. The Morgan fingerprint density at radius 2 is 1.96 bits per heavy atom. The number of carbonyl (C=O) groups is 1. The van der Waals surface area contributed by atoms with Gasteiger partial charge in [-0.15, -0.1) is 10.2 Å². The van der Waals surface area contributed by atoms with Crippen molar-refractivity contribution < 1.29 is 4.79 Å². The number of halogens is 1. The first-order valence-corrected chi connectivity index (χ1v) is 9.95. The molecule has 0 saturated heterocycles. The van der Waals surface area contributed by atoms with Crippen molar-refractivity contribution in [3.8, 4) is 11.4 Å². The van der Waals surface area contributed by atoms with Crippen LogP contribution in [-0.4, -0.2) is 38.1 Å². The summed E-state index contributed by atoms with van der Waals surface area (Å²) in [4.78, 5) is 20.6. The van der Waals surface area contributed by atoms with Gasteiger partial charge in [0.2, 0.25) is 5.82 Å². The zero-order valence-corrected chi connectivity index (χ0v) is 16.9. The minimum Gasteiger partial charge on any atom is -0.289 e. The van der Waals surface area contributed by atoms with Gasteiger partial charge in [0, 0.05) is 17.6 Å². The van der Waals surface area contributed by atoms with E-state index >= 15 is 0 Å². The number of hydrogen-bond donors (Lipinski definition) is 0. The van der Waals surface area contributed by atoms with Crippen LogP contribution in [-0.2, 0) is 4.79 Å². The van der Waals surface area contributed by atoms with Crippen LogP contribution < -0.4 is 4.90 Å². The molecule has 4 rings (SSSR count). The standard InChI is InChI=1S/C19H17ClN6OS/c1-3-15(26-23-17(22-24-26)12-8-10-13(20)11-9-12)18(27)25(2)19-21-14-6-4-5-7-16(14)28-19/h4-11,15H,3H2,1-2H3. The van der Waals surface area contributed by atoms with Crippen molar-refractivity contribution in [1.82, 2.24) is 25.2 Å². The fourth-order valence-corrected chi connectivity index (χ4v) is 3.89. The fraction of sp³-hybridized carbons (Fsp3) is 0.211. The van der Waals surface area contributed by atoms with E-state index in [-0.39, 0.29) is 5.91 Å². The molecule has 0 aliphatic carbocycles. The Kier molecular flexibility index (Phi) is 5.06. The van der Waals surface area contributed by atoms with Crippen molar-refractivity contribution >= 4 is 44.2 Å². The Bertz CT molecular complexity index is 1090. The Morgan fingerprint density at radius 1 is 1.21 bits per heavy atom. The lowest BCUT2D eigenvalue weighted by Gasteiger charge is -2.19. The van der Waals surface area contributed by atoms with Gasteiger partial charge in [0.05, 0.1) is 10.2 Å². The maximum Gasteiger partial charge on any atom is 0.255 e. The van der Waals surface area contributed by atoms with Gasteiger partial charge in [0.1, 0.15) is 0 Å². The fourth-order valence-electron chi connectivity index (χ4n) is 2.83. The first-order chi connectivity index (χ1) is 13.6. The van der Waals surface area contributed by atoms with Crippen molar-refractivity contribution in [3.05, 3.63) is 53.6 Å². The second-order valence-corrected chi connectivity index (χ2v) is 7.67. The second-order valence-electron chi connectivity index (χ2n) is 6.23. The molecule has 2 heterocycles. The molecule has 7 nitrogen and oxygen atoms in total. The van der Waals surface area contributed by atoms with E-state index < -0.39 is 6.04 Å². The molecular formula is C19H17ClN6OS. The molecule has 0 saturated carbocycles. The summed E-state index contributed by atoms with van der Waals surface area (Å²) in [5.74, 6) is 0.312. The van der Waals surface area contributed by atoms with Crippen LogP contribution in [0.25, 0.3) is 21.6 Å². The highest BCUT2D eigenvalue weighted by molar-refractivity contribution is 7.22. The van der Waals surface area contributed by atoms with Gasteiger partial charge in [-0.2, -0.15) is 4.80 Å². The molecule has 2 aromatic carbocycles. The van der Waals surface area contributed by atoms with E-state index in [1.807, 2.05) is 43.3 Å². The Labute approximate surface area is 170 Å². The summed E-state index contributed by atoms with van der Waals surface area (Å²) < 4.78 is 1.04. The average Bonchev–Trinajstić information content (AvgIpc) is 3.36. The van der Waals surface area contributed by atoms with Crippen LogP contribution in [0, 0.1) is 0 Å². The van der Waals surface area contributed by atoms with E-state index in [1.165, 1.54) is 16.1 Å². The number of para-hydroxylation sites is 1. The first kappa shape index (κ1) is 18.5. The summed E-state index contributed by atoms with van der Waals surface area (Å²) in [7, 11) is 1.72. The van der Waals surface area contributed by atoms with E-state index in [0.29, 0.717) is 22.4 Å². The third-order valence-corrected chi connectivity index (χ3v) is 5.75. The topological polar surface area (TPSA) is 76.8 Å². The number of benzene rings is 2. The number of thiazole rings is 1. The second kappa shape index (κ2) is 7.65. The third kappa shape index (κ3) is 3.48. The molecule has 0 spiro atoms. The van der Waals surface area contributed by atoms with Crippen LogP contribution in [0.3, 0.4) is 0 Å². The lowest BCUT2D eigenvalue weighted by Crippen LogP contribution is -2.35. The van der Waals surface area contributed by atoms with Crippen molar-refractivity contribution in [1.29, 1.82) is 0 Å². The number of aromatic nitrogens is 5. The van der Waals surface area contributed by atoms with Crippen LogP contribution in [0.1, 0.15) is 19.4 Å². The maximum absolute atomic E-state index is 13.1. The predicted octanol–water partition coefficient (Wildman–Crippen LogP) is 4.22. The Morgan fingerprint density at radius 3 is 2.68 bits per heavy atom. The molecule has 4 aromatic rings. The lowest BCUT2D eigenvalue weighted by atomic mass is 10.2. The Balaban J connectivity index is 1.59. The van der Waals surface area contributed by atoms with Gasteiger partial charge in [0.15, 0.2) is 11.2 Å². The van der Waals surface area contributed by atoms with Gasteiger partial charge in [-0.05, 0) is 48.0 Å². The molecule has 28 heavy (non-hydrogen) atoms. The molecule has 2 aromatic heterocycles. The molecule has 142 valence electrons. The highest BCUT2D eigenvalue weighted by atomic mass is 35.5. The molecule has 0 aliphatic rings. The number of fused-ring (bicyclic) bond motifs is 1. The molecule has 9 heteroatoms. The van der Waals surface area contributed by atoms with E-state index in [1.54, 1.807) is 24.1 Å². The average molecular weight is 413 g/mol. The number of likely N-dealkylation sites (N-methyl/N-ethyl adjacent to an activating group) is 1. The van der Waals surface area contributed by atoms with Gasteiger partial charge in [-0.1, -0.05) is 42.0 Å². The minimum atomic E-state index is -0.564. The van der Waals surface area contributed by atoms with Crippen LogP contribution in [0.15, 0.2) is 48.5 Å². The quantitative estimate of drug-likeness (QED) is 0.490. The zero-order chi connectivity index (χ0) is 19.7. The highest BCUT2D eigenvalue weighted by Crippen LogP contribution is 2.29. The monoisotopic (exact) mass is 412 g/mol. The molecule has 0 aliphatic heterocycles. The van der Waals surface area contributed by atoms with Crippen molar-refractivity contribution in [2.24, 2.45) is 0 Å². The van der Waals surface area contributed by atoms with Gasteiger partial charge in [0.25, 0.3) is 5.91 Å². The minimum absolute atomic E-state index is 0.137. The number of tetrazole rings is 1. The van der Waals surface area contributed by atoms with Crippen LogP contribution in [0.4, 0.5) is 5.13 Å². The smallest absolute Gasteiger partial charge is 0.255 e. The lowest BCUT2D eigenvalue weighted by molar-refractivity contribution is -0.122. The van der Waals surface area contributed by atoms with Crippen LogP contribution >= 0.6 is 22.9 Å². The molecule has 1 amide bonds. The number of rotatable bonds is 5. The summed E-state index contributed by atoms with van der Waals surface area (Å²) >= 11 is 7.40. The number of carbonyl (C=O) groups excluding carboxylic acids is 1. The Hall–Kier alpha value is -2.84. The van der Waals surface area contributed by atoms with Gasteiger partial charge in [-0.25, -0.2) is 4.98 Å². The van der Waals surface area contributed by atoms with Gasteiger partial charge >= 0.3 is 0 Å². The van der Waals surface area contributed by atoms with Crippen molar-refractivity contribution in [2.45, 2.75) is 19.4 Å². The largest absolute Gasteiger partial charge is 0.289 e. The van der Waals surface area contributed by atoms with Crippen LogP contribution in [0.2, 0.25) is 5.02 Å². The molecule has 1 unspecified atom stereocenters. The van der Waals surface area contributed by atoms with E-state index in [4.69, 9.17) is 11.6 Å². The van der Waals surface area contributed by atoms with E-state index in [9.17, 15) is 4.79 Å². The molecule has 1 atom stereocenters. The molecular weight excluding hydrogens is 396 g/mol. The molecule has 0 fully saturated rings. The predicted molar refractivity (Wildman–Crippen MR) is 111 cm³/mol. The molecule has 0 radical (unpaired) electrons. The number of nitrogens with zero attached hydrogens (tertiary/aromatic N) is 6. The van der Waals surface area contributed by atoms with Gasteiger partial charge in [-0.3, -0.25) is 9.69 Å². The summed E-state index contributed by atoms with van der Waals surface area (Å²) in [6.45, 7) is 1.92. The van der Waals surface area contributed by atoms with Crippen molar-refractivity contribution in [2.75, 3.05) is 11.9 Å². The number of anilines is 1. The SMILES string of the molecule is CCC(C(=O)N(C)c1nc2ccccc2s1)n1nnc(-c2ccc(Cl)cc2)n1. The van der Waals surface area contributed by atoms with Crippen LogP contribution in [0.5, 0.6) is 0 Å².